The van der Waals surface area contributed by atoms with Gasteiger partial charge in [0.05, 0.1) is 11.8 Å². The van der Waals surface area contributed by atoms with E-state index in [2.05, 4.69) is 46.2 Å². The molecule has 0 aromatic rings. The monoisotopic (exact) mass is 542 g/mol. The smallest absolute Gasteiger partial charge is 0.277 e. The number of nitrogens with one attached hydrogen (secondary N) is 1. The number of rotatable bonds is 20. The molecule has 6 nitrogen and oxygen atoms in total. The molecule has 2 unspecified atom stereocenters. The third-order valence-electron chi connectivity index (χ3n) is 8.75. The summed E-state index contributed by atoms with van der Waals surface area (Å²) in [6.07, 6.45) is 18.4. The largest absolute Gasteiger partial charge is 0.370 e. The summed E-state index contributed by atoms with van der Waals surface area (Å²) in [5.74, 6) is 0.111. The van der Waals surface area contributed by atoms with Crippen molar-refractivity contribution < 1.29 is 9.09 Å². The van der Waals surface area contributed by atoms with Crippen molar-refractivity contribution in [2.75, 3.05) is 26.7 Å². The van der Waals surface area contributed by atoms with Crippen molar-refractivity contribution in [3.05, 3.63) is 0 Å². The number of nitrogens with zero attached hydrogens (tertiary/aromatic N) is 2. The Morgan fingerprint density at radius 1 is 0.892 bits per heavy atom. The minimum absolute atomic E-state index is 0.0734. The van der Waals surface area contributed by atoms with Crippen molar-refractivity contribution in [2.24, 2.45) is 11.1 Å². The zero-order valence-corrected chi connectivity index (χ0v) is 26.6. The topological polar surface area (TPSA) is 82.7 Å². The highest BCUT2D eigenvalue weighted by atomic mass is 31.2. The maximum absolute atomic E-state index is 15.0. The van der Waals surface area contributed by atoms with E-state index in [0.717, 1.165) is 51.6 Å². The van der Waals surface area contributed by atoms with E-state index in [-0.39, 0.29) is 22.6 Å². The van der Waals surface area contributed by atoms with Crippen LogP contribution in [0.25, 0.3) is 0 Å². The zero-order chi connectivity index (χ0) is 28.0. The lowest BCUT2D eigenvalue weighted by Crippen LogP contribution is -2.48. The van der Waals surface area contributed by atoms with E-state index in [1.807, 2.05) is 11.9 Å². The molecule has 0 aromatic heterocycles. The molecule has 0 aliphatic carbocycles. The van der Waals surface area contributed by atoms with Gasteiger partial charge in [0, 0.05) is 26.2 Å². The van der Waals surface area contributed by atoms with Gasteiger partial charge in [0.1, 0.15) is 0 Å². The first-order valence-corrected chi connectivity index (χ1v) is 17.1. The highest BCUT2D eigenvalue weighted by Crippen LogP contribution is 2.64. The second-order valence-corrected chi connectivity index (χ2v) is 15.8. The van der Waals surface area contributed by atoms with Crippen molar-refractivity contribution in [2.45, 2.75) is 155 Å². The van der Waals surface area contributed by atoms with Gasteiger partial charge in [-0.05, 0) is 51.4 Å². The highest BCUT2D eigenvalue weighted by Gasteiger charge is 2.48. The fourth-order valence-electron chi connectivity index (χ4n) is 5.76. The van der Waals surface area contributed by atoms with Gasteiger partial charge in [-0.15, -0.1) is 0 Å². The fourth-order valence-corrected chi connectivity index (χ4v) is 8.72. The van der Waals surface area contributed by atoms with Crippen LogP contribution in [0.1, 0.15) is 144 Å². The fraction of sp³-hybridized carbons (Fsp3) is 0.967. The van der Waals surface area contributed by atoms with Crippen LogP contribution in [0.2, 0.25) is 0 Å². The predicted octanol–water partition coefficient (Wildman–Crippen LogP) is 8.79. The van der Waals surface area contributed by atoms with E-state index in [0.29, 0.717) is 6.61 Å². The zero-order valence-electron chi connectivity index (χ0n) is 25.7. The summed E-state index contributed by atoms with van der Waals surface area (Å²) in [7, 11) is -1.18. The molecule has 3 N–H and O–H groups in total. The van der Waals surface area contributed by atoms with E-state index >= 15 is 4.57 Å². The van der Waals surface area contributed by atoms with Gasteiger partial charge >= 0.3 is 0 Å². The van der Waals surface area contributed by atoms with Gasteiger partial charge in [0.25, 0.3) is 7.52 Å². The molecule has 2 atom stereocenters. The first-order valence-electron chi connectivity index (χ1n) is 15.5. The third kappa shape index (κ3) is 11.2. The Bertz CT molecular complexity index is 678. The van der Waals surface area contributed by atoms with Gasteiger partial charge in [-0.3, -0.25) is 9.97 Å². The van der Waals surface area contributed by atoms with Gasteiger partial charge in [-0.25, -0.2) is 4.67 Å². The Morgan fingerprint density at radius 3 is 1.84 bits per heavy atom. The van der Waals surface area contributed by atoms with Crippen LogP contribution in [0.3, 0.4) is 0 Å². The summed E-state index contributed by atoms with van der Waals surface area (Å²) in [6, 6.07) is 0.229. The Hall–Kier alpha value is -0.580. The van der Waals surface area contributed by atoms with Gasteiger partial charge in [0.2, 0.25) is 0 Å². The summed E-state index contributed by atoms with van der Waals surface area (Å²) >= 11 is 0. The minimum Gasteiger partial charge on any atom is -0.370 e. The average Bonchev–Trinajstić information content (AvgIpc) is 2.87. The number of nitrogens with two attached hydrogens (primary N) is 1. The summed E-state index contributed by atoms with van der Waals surface area (Å²) in [5.41, 5.74) is 5.83. The first-order chi connectivity index (χ1) is 17.5. The molecule has 0 saturated carbocycles. The van der Waals surface area contributed by atoms with Crippen LogP contribution < -0.4 is 5.73 Å². The number of unbranched alkanes of at least 4 members (excludes halogenated alkanes) is 8. The van der Waals surface area contributed by atoms with E-state index in [1.165, 1.54) is 64.2 Å². The minimum atomic E-state index is -3.08. The van der Waals surface area contributed by atoms with Gasteiger partial charge in [0.15, 0.2) is 5.96 Å². The molecule has 220 valence electrons. The molecular formula is C30H63N4O2P. The Kier molecular flexibility index (Phi) is 16.0. The second-order valence-electron chi connectivity index (χ2n) is 12.7. The molecule has 7 heteroatoms. The van der Waals surface area contributed by atoms with Crippen LogP contribution in [0.4, 0.5) is 0 Å². The SMILES string of the molecule is CCCCCCC(C)(CCCCC)COP(=O)(N1CCC(N(C)C(=N)N)CC1)C(C)(C)CCCCCC. The van der Waals surface area contributed by atoms with E-state index in [1.54, 1.807) is 0 Å². The van der Waals surface area contributed by atoms with Crippen molar-refractivity contribution in [1.82, 2.24) is 9.57 Å². The highest BCUT2D eigenvalue weighted by molar-refractivity contribution is 7.58. The molecule has 0 aromatic carbocycles. The molecule has 1 rings (SSSR count). The van der Waals surface area contributed by atoms with Crippen molar-refractivity contribution in [1.29, 1.82) is 5.41 Å². The van der Waals surface area contributed by atoms with E-state index in [9.17, 15) is 0 Å². The third-order valence-corrected chi connectivity index (χ3v) is 12.1. The van der Waals surface area contributed by atoms with Crippen LogP contribution >= 0.6 is 7.52 Å². The molecule has 1 saturated heterocycles. The lowest BCUT2D eigenvalue weighted by molar-refractivity contribution is 0.110. The van der Waals surface area contributed by atoms with E-state index in [4.69, 9.17) is 15.7 Å². The first kappa shape index (κ1) is 34.4. The van der Waals surface area contributed by atoms with Crippen LogP contribution in [-0.2, 0) is 9.09 Å². The summed E-state index contributed by atoms with van der Waals surface area (Å²) in [5, 5.41) is 7.43. The normalized spacial score (nSPS) is 18.9. The molecule has 0 amide bonds. The number of piperidine rings is 1. The molecule has 37 heavy (non-hydrogen) atoms. The van der Waals surface area contributed by atoms with Crippen LogP contribution in [0.5, 0.6) is 0 Å². The van der Waals surface area contributed by atoms with Crippen LogP contribution in [-0.4, -0.2) is 53.5 Å². The molecule has 1 fully saturated rings. The molecule has 1 heterocycles. The van der Waals surface area contributed by atoms with Gasteiger partial charge < -0.3 is 15.2 Å². The molecule has 0 spiro atoms. The molecule has 0 radical (unpaired) electrons. The van der Waals surface area contributed by atoms with Gasteiger partial charge in [-0.1, -0.05) is 98.3 Å². The summed E-state index contributed by atoms with van der Waals surface area (Å²) in [4.78, 5) is 1.86. The van der Waals surface area contributed by atoms with Crippen molar-refractivity contribution in [3.63, 3.8) is 0 Å². The summed E-state index contributed by atoms with van der Waals surface area (Å²) < 4.78 is 24.0. The predicted molar refractivity (Wildman–Crippen MR) is 162 cm³/mol. The molecule has 1 aliphatic rings. The maximum Gasteiger partial charge on any atom is 0.277 e. The maximum atomic E-state index is 15.0. The Labute approximate surface area is 230 Å². The molecular weight excluding hydrogens is 479 g/mol. The van der Waals surface area contributed by atoms with E-state index < -0.39 is 7.52 Å². The molecule has 1 aliphatic heterocycles. The Balaban J connectivity index is 3.07. The van der Waals surface area contributed by atoms with Crippen LogP contribution in [0, 0.1) is 10.8 Å². The number of guanidine groups is 1. The van der Waals surface area contributed by atoms with Crippen molar-refractivity contribution in [3.8, 4) is 0 Å². The number of hydrogen-bond acceptors (Lipinski definition) is 3. The lowest BCUT2D eigenvalue weighted by atomic mass is 9.80. The van der Waals surface area contributed by atoms with Gasteiger partial charge in [-0.2, -0.15) is 0 Å². The average molecular weight is 543 g/mol. The Morgan fingerprint density at radius 2 is 1.35 bits per heavy atom. The van der Waals surface area contributed by atoms with Crippen LogP contribution in [0.15, 0.2) is 0 Å². The quantitative estimate of drug-likeness (QED) is 0.0695. The van der Waals surface area contributed by atoms with Crippen molar-refractivity contribution >= 4 is 13.5 Å². The molecule has 0 bridgehead atoms. The standard InChI is InChI=1S/C30H63N4O2P/c1-8-11-14-17-21-29(4,5)37(35,34-24-19-27(20-25-34)33(7)28(31)32)36-26-30(6,22-16-13-10-3)23-18-15-12-9-2/h27H,8-26H2,1-7H3,(H3,31,32). The second kappa shape index (κ2) is 17.2. The number of hydrogen-bond donors (Lipinski definition) is 2. The lowest BCUT2D eigenvalue weighted by Gasteiger charge is -2.46. The summed E-state index contributed by atoms with van der Waals surface area (Å²) in [6.45, 7) is 15.6.